The van der Waals surface area contributed by atoms with Gasteiger partial charge in [-0.1, -0.05) is 0 Å². The maximum atomic E-state index is 5.56. The van der Waals surface area contributed by atoms with E-state index < -0.39 is 0 Å². The van der Waals surface area contributed by atoms with E-state index in [1.54, 1.807) is 0 Å². The molecule has 0 radical (unpaired) electrons. The molecule has 0 aromatic carbocycles. The molecule has 0 aromatic heterocycles. The molecule has 0 rings (SSSR count). The third kappa shape index (κ3) is 6.33. The summed E-state index contributed by atoms with van der Waals surface area (Å²) in [5.41, 5.74) is 0. The zero-order chi connectivity index (χ0) is 7.82. The van der Waals surface area contributed by atoms with Crippen LogP contribution in [0.3, 0.4) is 0 Å². The molecule has 0 aliphatic heterocycles. The Labute approximate surface area is 67.9 Å². The first-order chi connectivity index (χ1) is 4.81. The van der Waals surface area contributed by atoms with Gasteiger partial charge in [-0.3, -0.25) is 0 Å². The molecular formula is C7H16ClNO. The lowest BCUT2D eigenvalue weighted by atomic mass is 10.4. The average molecular weight is 166 g/mol. The van der Waals surface area contributed by atoms with Crippen LogP contribution in [0.1, 0.15) is 13.8 Å². The normalized spacial score (nSPS) is 13.5. The summed E-state index contributed by atoms with van der Waals surface area (Å²) in [5, 5.41) is 3.21. The Hall–Kier alpha value is 0.210. The van der Waals surface area contributed by atoms with Crippen LogP contribution in [0.15, 0.2) is 0 Å². The molecule has 10 heavy (non-hydrogen) atoms. The molecule has 0 heterocycles. The standard InChI is InChI=1S/C7H16ClNO/c1-3-10-5-4-9-7(2)6-8/h7,9H,3-6H2,1-2H3. The summed E-state index contributed by atoms with van der Waals surface area (Å²) in [4.78, 5) is 0. The van der Waals surface area contributed by atoms with Crippen molar-refractivity contribution in [2.45, 2.75) is 19.9 Å². The van der Waals surface area contributed by atoms with Crippen LogP contribution in [0.2, 0.25) is 0 Å². The molecule has 0 aliphatic rings. The molecule has 3 heteroatoms. The first-order valence-corrected chi connectivity index (χ1v) is 4.21. The molecule has 0 spiro atoms. The van der Waals surface area contributed by atoms with Crippen molar-refractivity contribution < 1.29 is 4.74 Å². The lowest BCUT2D eigenvalue weighted by Crippen LogP contribution is -2.30. The van der Waals surface area contributed by atoms with Crippen LogP contribution in [-0.2, 0) is 4.74 Å². The van der Waals surface area contributed by atoms with Crippen LogP contribution >= 0.6 is 11.6 Å². The molecule has 1 N–H and O–H groups in total. The molecule has 0 saturated carbocycles. The fourth-order valence-corrected chi connectivity index (χ4v) is 0.685. The molecule has 0 fully saturated rings. The molecule has 1 atom stereocenters. The van der Waals surface area contributed by atoms with Crippen molar-refractivity contribution in [1.29, 1.82) is 0 Å². The Bertz CT molecular complexity index is 70.6. The van der Waals surface area contributed by atoms with Crippen molar-refractivity contribution >= 4 is 11.6 Å². The monoisotopic (exact) mass is 165 g/mol. The van der Waals surface area contributed by atoms with Crippen LogP contribution in [0.4, 0.5) is 0 Å². The van der Waals surface area contributed by atoms with Crippen molar-refractivity contribution in [3.05, 3.63) is 0 Å². The van der Waals surface area contributed by atoms with E-state index in [2.05, 4.69) is 12.2 Å². The zero-order valence-electron chi connectivity index (χ0n) is 6.69. The highest BCUT2D eigenvalue weighted by Crippen LogP contribution is 1.84. The number of alkyl halides is 1. The first kappa shape index (κ1) is 10.2. The van der Waals surface area contributed by atoms with Gasteiger partial charge >= 0.3 is 0 Å². The number of ether oxygens (including phenoxy) is 1. The number of hydrogen-bond donors (Lipinski definition) is 1. The summed E-state index contributed by atoms with van der Waals surface area (Å²) in [7, 11) is 0. The average Bonchev–Trinajstić information content (AvgIpc) is 1.98. The maximum Gasteiger partial charge on any atom is 0.0590 e. The molecule has 0 aliphatic carbocycles. The van der Waals surface area contributed by atoms with Crippen molar-refractivity contribution in [3.8, 4) is 0 Å². The predicted octanol–water partition coefficient (Wildman–Crippen LogP) is 1.24. The minimum Gasteiger partial charge on any atom is -0.380 e. The number of hydrogen-bond acceptors (Lipinski definition) is 2. The number of rotatable bonds is 6. The van der Waals surface area contributed by atoms with Crippen LogP contribution < -0.4 is 5.32 Å². The van der Waals surface area contributed by atoms with Gasteiger partial charge in [0.15, 0.2) is 0 Å². The smallest absolute Gasteiger partial charge is 0.0590 e. The highest BCUT2D eigenvalue weighted by atomic mass is 35.5. The molecular weight excluding hydrogens is 150 g/mol. The molecule has 0 amide bonds. The molecule has 0 saturated heterocycles. The van der Waals surface area contributed by atoms with E-state index in [1.807, 2.05) is 6.92 Å². The lowest BCUT2D eigenvalue weighted by Gasteiger charge is -2.09. The number of nitrogens with one attached hydrogen (secondary N) is 1. The first-order valence-electron chi connectivity index (χ1n) is 3.68. The van der Waals surface area contributed by atoms with Gasteiger partial charge in [0.25, 0.3) is 0 Å². The fraction of sp³-hybridized carbons (Fsp3) is 1.00. The Morgan fingerprint density at radius 2 is 2.30 bits per heavy atom. The topological polar surface area (TPSA) is 21.3 Å². The molecule has 2 nitrogen and oxygen atoms in total. The van der Waals surface area contributed by atoms with Crippen molar-refractivity contribution in [2.24, 2.45) is 0 Å². The second kappa shape index (κ2) is 7.32. The zero-order valence-corrected chi connectivity index (χ0v) is 7.45. The van der Waals surface area contributed by atoms with E-state index in [4.69, 9.17) is 16.3 Å². The van der Waals surface area contributed by atoms with Crippen LogP contribution in [0, 0.1) is 0 Å². The van der Waals surface area contributed by atoms with E-state index in [0.29, 0.717) is 11.9 Å². The van der Waals surface area contributed by atoms with Gasteiger partial charge in [-0.15, -0.1) is 11.6 Å². The van der Waals surface area contributed by atoms with Gasteiger partial charge in [0, 0.05) is 25.1 Å². The summed E-state index contributed by atoms with van der Waals surface area (Å²) >= 11 is 5.56. The molecule has 1 unspecified atom stereocenters. The minimum absolute atomic E-state index is 0.391. The molecule has 62 valence electrons. The van der Waals surface area contributed by atoms with E-state index in [9.17, 15) is 0 Å². The van der Waals surface area contributed by atoms with E-state index in [1.165, 1.54) is 0 Å². The van der Waals surface area contributed by atoms with Gasteiger partial charge < -0.3 is 10.1 Å². The molecule has 0 bridgehead atoms. The Morgan fingerprint density at radius 3 is 2.80 bits per heavy atom. The van der Waals surface area contributed by atoms with Crippen molar-refractivity contribution in [2.75, 3.05) is 25.6 Å². The number of halogens is 1. The van der Waals surface area contributed by atoms with Gasteiger partial charge in [-0.2, -0.15) is 0 Å². The second-order valence-corrected chi connectivity index (χ2v) is 2.52. The third-order valence-corrected chi connectivity index (χ3v) is 1.64. The van der Waals surface area contributed by atoms with E-state index in [-0.39, 0.29) is 0 Å². The summed E-state index contributed by atoms with van der Waals surface area (Å²) in [5.74, 6) is 0.659. The highest BCUT2D eigenvalue weighted by Gasteiger charge is 1.95. The van der Waals surface area contributed by atoms with Crippen molar-refractivity contribution in [3.63, 3.8) is 0 Å². The van der Waals surface area contributed by atoms with Crippen LogP contribution in [-0.4, -0.2) is 31.7 Å². The summed E-state index contributed by atoms with van der Waals surface area (Å²) in [6, 6.07) is 0.391. The van der Waals surface area contributed by atoms with E-state index >= 15 is 0 Å². The van der Waals surface area contributed by atoms with Gasteiger partial charge in [0.1, 0.15) is 0 Å². The Balaban J connectivity index is 2.89. The highest BCUT2D eigenvalue weighted by molar-refractivity contribution is 6.18. The van der Waals surface area contributed by atoms with Crippen LogP contribution in [0.5, 0.6) is 0 Å². The summed E-state index contributed by atoms with van der Waals surface area (Å²) < 4.78 is 5.12. The largest absolute Gasteiger partial charge is 0.380 e. The minimum atomic E-state index is 0.391. The third-order valence-electron chi connectivity index (χ3n) is 1.17. The van der Waals surface area contributed by atoms with Crippen LogP contribution in [0.25, 0.3) is 0 Å². The predicted molar refractivity (Wildman–Crippen MR) is 44.7 cm³/mol. The fourth-order valence-electron chi connectivity index (χ4n) is 0.576. The van der Waals surface area contributed by atoms with Gasteiger partial charge in [-0.25, -0.2) is 0 Å². The molecule has 0 aromatic rings. The Kier molecular flexibility index (Phi) is 7.47. The maximum absolute atomic E-state index is 5.56. The van der Waals surface area contributed by atoms with Gasteiger partial charge in [0.05, 0.1) is 6.61 Å². The summed E-state index contributed by atoms with van der Waals surface area (Å²) in [6.45, 7) is 6.50. The quantitative estimate of drug-likeness (QED) is 0.473. The van der Waals surface area contributed by atoms with E-state index in [0.717, 1.165) is 19.8 Å². The van der Waals surface area contributed by atoms with Gasteiger partial charge in [-0.05, 0) is 13.8 Å². The van der Waals surface area contributed by atoms with Crippen molar-refractivity contribution in [1.82, 2.24) is 5.32 Å². The Morgan fingerprint density at radius 1 is 1.60 bits per heavy atom. The lowest BCUT2D eigenvalue weighted by molar-refractivity contribution is 0.148. The van der Waals surface area contributed by atoms with Gasteiger partial charge in [0.2, 0.25) is 0 Å². The second-order valence-electron chi connectivity index (χ2n) is 2.21. The SMILES string of the molecule is CCOCCNC(C)CCl. The summed E-state index contributed by atoms with van der Waals surface area (Å²) in [6.07, 6.45) is 0.